The van der Waals surface area contributed by atoms with E-state index in [0.717, 1.165) is 11.8 Å². The molecule has 2 atom stereocenters. The summed E-state index contributed by atoms with van der Waals surface area (Å²) in [7, 11) is 0. The Kier molecular flexibility index (Phi) is 1.54. The number of allylic oxidation sites excluding steroid dienone is 2. The van der Waals surface area contributed by atoms with Crippen LogP contribution in [0.3, 0.4) is 0 Å². The third-order valence-electron chi connectivity index (χ3n) is 3.86. The highest BCUT2D eigenvalue weighted by Crippen LogP contribution is 2.58. The van der Waals surface area contributed by atoms with Gasteiger partial charge in [0.05, 0.1) is 6.07 Å². The maximum atomic E-state index is 8.66. The van der Waals surface area contributed by atoms with Gasteiger partial charge in [0, 0.05) is 6.08 Å². The smallest absolute Gasteiger partial charge is 0.0911 e. The molecular weight excluding hydrogens is 146 g/mol. The van der Waals surface area contributed by atoms with Crippen molar-refractivity contribution in [2.75, 3.05) is 0 Å². The second-order valence-electron chi connectivity index (χ2n) is 4.66. The minimum atomic E-state index is 0.318. The van der Waals surface area contributed by atoms with E-state index in [1.807, 2.05) is 0 Å². The normalized spacial score (nSPS) is 40.2. The van der Waals surface area contributed by atoms with Gasteiger partial charge in [-0.25, -0.2) is 0 Å². The highest BCUT2D eigenvalue weighted by atomic mass is 14.5. The molecule has 2 aliphatic rings. The van der Waals surface area contributed by atoms with Gasteiger partial charge in [0.15, 0.2) is 0 Å². The van der Waals surface area contributed by atoms with Gasteiger partial charge in [-0.1, -0.05) is 19.4 Å². The molecule has 0 N–H and O–H groups in total. The van der Waals surface area contributed by atoms with Crippen LogP contribution >= 0.6 is 0 Å². The van der Waals surface area contributed by atoms with Crippen molar-refractivity contribution in [2.45, 2.75) is 33.1 Å². The number of nitrogens with zero attached hydrogens (tertiary/aromatic N) is 1. The summed E-state index contributed by atoms with van der Waals surface area (Å²) >= 11 is 0. The molecule has 0 aromatic rings. The van der Waals surface area contributed by atoms with Crippen molar-refractivity contribution in [1.29, 1.82) is 5.26 Å². The first-order valence-electron chi connectivity index (χ1n) is 4.76. The second-order valence-corrected chi connectivity index (χ2v) is 4.66. The standard InChI is InChI=1S/C11H15N/c1-11(2)9-4-3-8(7-9)10(11)5-6-12/h5,8-9H,3-4,7H2,1-2H3. The van der Waals surface area contributed by atoms with Crippen LogP contribution in [0.2, 0.25) is 0 Å². The van der Waals surface area contributed by atoms with Crippen molar-refractivity contribution in [3.63, 3.8) is 0 Å². The zero-order valence-corrected chi connectivity index (χ0v) is 7.80. The van der Waals surface area contributed by atoms with Gasteiger partial charge < -0.3 is 0 Å². The Labute approximate surface area is 74.1 Å². The number of rotatable bonds is 0. The van der Waals surface area contributed by atoms with Crippen LogP contribution in [0.15, 0.2) is 11.6 Å². The molecule has 1 nitrogen and oxygen atoms in total. The van der Waals surface area contributed by atoms with Crippen molar-refractivity contribution < 1.29 is 0 Å². The molecule has 0 aliphatic heterocycles. The summed E-state index contributed by atoms with van der Waals surface area (Å²) in [4.78, 5) is 0. The quantitative estimate of drug-likeness (QED) is 0.501. The topological polar surface area (TPSA) is 23.8 Å². The highest BCUT2D eigenvalue weighted by Gasteiger charge is 2.48. The predicted octanol–water partition coefficient (Wildman–Crippen LogP) is 2.89. The lowest BCUT2D eigenvalue weighted by molar-refractivity contribution is 0.288. The first kappa shape index (κ1) is 7.86. The lowest BCUT2D eigenvalue weighted by Gasteiger charge is -2.32. The average molecular weight is 161 g/mol. The fourth-order valence-electron chi connectivity index (χ4n) is 3.05. The maximum absolute atomic E-state index is 8.66. The van der Waals surface area contributed by atoms with Crippen LogP contribution in [0.4, 0.5) is 0 Å². The van der Waals surface area contributed by atoms with Crippen molar-refractivity contribution in [1.82, 2.24) is 0 Å². The Bertz CT molecular complexity index is 267. The van der Waals surface area contributed by atoms with E-state index < -0.39 is 0 Å². The molecule has 64 valence electrons. The van der Waals surface area contributed by atoms with Crippen LogP contribution in [0.25, 0.3) is 0 Å². The zero-order valence-electron chi connectivity index (χ0n) is 7.80. The lowest BCUT2D eigenvalue weighted by atomic mass is 9.73. The molecule has 2 aliphatic carbocycles. The van der Waals surface area contributed by atoms with E-state index in [1.54, 1.807) is 6.08 Å². The molecule has 0 aromatic carbocycles. The molecule has 2 saturated carbocycles. The largest absolute Gasteiger partial charge is 0.193 e. The summed E-state index contributed by atoms with van der Waals surface area (Å²) in [6, 6.07) is 2.19. The molecule has 1 heteroatoms. The van der Waals surface area contributed by atoms with Crippen LogP contribution in [0, 0.1) is 28.6 Å². The van der Waals surface area contributed by atoms with E-state index in [-0.39, 0.29) is 0 Å². The summed E-state index contributed by atoms with van der Waals surface area (Å²) in [6.07, 6.45) is 5.83. The third kappa shape index (κ3) is 0.843. The van der Waals surface area contributed by atoms with E-state index in [0.29, 0.717) is 5.41 Å². The maximum Gasteiger partial charge on any atom is 0.0911 e. The molecule has 0 radical (unpaired) electrons. The minimum absolute atomic E-state index is 0.318. The molecule has 2 fully saturated rings. The van der Waals surface area contributed by atoms with Crippen LogP contribution < -0.4 is 0 Å². The molecule has 2 bridgehead atoms. The van der Waals surface area contributed by atoms with Gasteiger partial charge >= 0.3 is 0 Å². The number of hydrogen-bond donors (Lipinski definition) is 0. The van der Waals surface area contributed by atoms with Gasteiger partial charge in [0.2, 0.25) is 0 Å². The SMILES string of the molecule is CC1(C)C(=CC#N)C2CCC1C2. The Morgan fingerprint density at radius 1 is 1.50 bits per heavy atom. The monoisotopic (exact) mass is 161 g/mol. The summed E-state index contributed by atoms with van der Waals surface area (Å²) < 4.78 is 0. The lowest BCUT2D eigenvalue weighted by Crippen LogP contribution is -2.22. The molecule has 0 aromatic heterocycles. The van der Waals surface area contributed by atoms with E-state index in [4.69, 9.17) is 5.26 Å². The molecule has 0 saturated heterocycles. The number of fused-ring (bicyclic) bond motifs is 2. The molecule has 0 heterocycles. The Morgan fingerprint density at radius 2 is 2.25 bits per heavy atom. The minimum Gasteiger partial charge on any atom is -0.193 e. The fraction of sp³-hybridized carbons (Fsp3) is 0.727. The fourth-order valence-corrected chi connectivity index (χ4v) is 3.05. The van der Waals surface area contributed by atoms with Crippen LogP contribution in [0.5, 0.6) is 0 Å². The Hall–Kier alpha value is -0.770. The predicted molar refractivity (Wildman–Crippen MR) is 48.3 cm³/mol. The van der Waals surface area contributed by atoms with Gasteiger partial charge in [-0.2, -0.15) is 5.26 Å². The van der Waals surface area contributed by atoms with Crippen molar-refractivity contribution in [3.8, 4) is 6.07 Å². The summed E-state index contributed by atoms with van der Waals surface area (Å²) in [5.74, 6) is 1.59. The van der Waals surface area contributed by atoms with Gasteiger partial charge in [-0.05, 0) is 36.5 Å². The van der Waals surface area contributed by atoms with Gasteiger partial charge in [0.1, 0.15) is 0 Å². The van der Waals surface area contributed by atoms with E-state index >= 15 is 0 Å². The molecule has 0 spiro atoms. The third-order valence-corrected chi connectivity index (χ3v) is 3.86. The van der Waals surface area contributed by atoms with Crippen molar-refractivity contribution in [2.24, 2.45) is 17.3 Å². The van der Waals surface area contributed by atoms with E-state index in [1.165, 1.54) is 24.8 Å². The highest BCUT2D eigenvalue weighted by molar-refractivity contribution is 5.30. The molecule has 2 rings (SSSR count). The summed E-state index contributed by atoms with van der Waals surface area (Å²) in [5, 5.41) is 8.66. The molecule has 12 heavy (non-hydrogen) atoms. The van der Waals surface area contributed by atoms with Gasteiger partial charge in [-0.3, -0.25) is 0 Å². The molecule has 0 amide bonds. The molecular formula is C11H15N. The summed E-state index contributed by atoms with van der Waals surface area (Å²) in [5.41, 5.74) is 1.74. The zero-order chi connectivity index (χ0) is 8.77. The average Bonchev–Trinajstić information content (AvgIpc) is 2.53. The van der Waals surface area contributed by atoms with E-state index in [9.17, 15) is 0 Å². The van der Waals surface area contributed by atoms with Crippen molar-refractivity contribution in [3.05, 3.63) is 11.6 Å². The Morgan fingerprint density at radius 3 is 2.75 bits per heavy atom. The first-order chi connectivity index (χ1) is 5.66. The van der Waals surface area contributed by atoms with Crippen LogP contribution in [0.1, 0.15) is 33.1 Å². The summed E-state index contributed by atoms with van der Waals surface area (Å²) in [6.45, 7) is 4.58. The Balaban J connectivity index is 2.37. The van der Waals surface area contributed by atoms with E-state index in [2.05, 4.69) is 19.9 Å². The number of nitriles is 1. The molecule has 2 unspecified atom stereocenters. The van der Waals surface area contributed by atoms with Crippen LogP contribution in [-0.4, -0.2) is 0 Å². The van der Waals surface area contributed by atoms with Gasteiger partial charge in [-0.15, -0.1) is 0 Å². The van der Waals surface area contributed by atoms with Crippen LogP contribution in [-0.2, 0) is 0 Å². The first-order valence-corrected chi connectivity index (χ1v) is 4.76. The number of hydrogen-bond acceptors (Lipinski definition) is 1. The second kappa shape index (κ2) is 2.36. The van der Waals surface area contributed by atoms with Crippen molar-refractivity contribution >= 4 is 0 Å². The van der Waals surface area contributed by atoms with Gasteiger partial charge in [0.25, 0.3) is 0 Å².